The first-order chi connectivity index (χ1) is 10.1. The van der Waals surface area contributed by atoms with E-state index in [1.165, 1.54) is 0 Å². The van der Waals surface area contributed by atoms with Gasteiger partial charge < -0.3 is 10.1 Å². The largest absolute Gasteiger partial charge is 0.465 e. The van der Waals surface area contributed by atoms with E-state index in [9.17, 15) is 9.59 Å². The SMILES string of the molecule is CCOC(=O)C1C(C)=NC(=O)NC1C=Cc1ccccc1. The maximum absolute atomic E-state index is 12.0. The molecule has 5 heteroatoms. The van der Waals surface area contributed by atoms with Crippen molar-refractivity contribution in [2.45, 2.75) is 19.9 Å². The lowest BCUT2D eigenvalue weighted by atomic mass is 9.93. The molecule has 5 nitrogen and oxygen atoms in total. The Morgan fingerprint density at radius 1 is 1.38 bits per heavy atom. The van der Waals surface area contributed by atoms with E-state index in [4.69, 9.17) is 4.74 Å². The van der Waals surface area contributed by atoms with E-state index < -0.39 is 18.0 Å². The van der Waals surface area contributed by atoms with Crippen LogP contribution in [-0.4, -0.2) is 30.4 Å². The standard InChI is InChI=1S/C16H18N2O3/c1-3-21-15(19)14-11(2)17-16(20)18-13(14)10-9-12-7-5-4-6-8-12/h4-10,13-14H,3H2,1-2H3,(H,18,20). The molecule has 2 amide bonds. The summed E-state index contributed by atoms with van der Waals surface area (Å²) in [4.78, 5) is 27.4. The minimum atomic E-state index is -0.581. The van der Waals surface area contributed by atoms with Gasteiger partial charge in [-0.25, -0.2) is 9.79 Å². The van der Waals surface area contributed by atoms with Crippen molar-refractivity contribution in [1.82, 2.24) is 5.32 Å². The van der Waals surface area contributed by atoms with Crippen LogP contribution < -0.4 is 5.32 Å². The minimum Gasteiger partial charge on any atom is -0.465 e. The topological polar surface area (TPSA) is 67.8 Å². The average Bonchev–Trinajstić information content (AvgIpc) is 2.45. The number of benzene rings is 1. The first-order valence-electron chi connectivity index (χ1n) is 6.87. The number of nitrogens with one attached hydrogen (secondary N) is 1. The lowest BCUT2D eigenvalue weighted by Crippen LogP contribution is -2.49. The van der Waals surface area contributed by atoms with Crippen molar-refractivity contribution in [3.8, 4) is 0 Å². The molecule has 1 aliphatic heterocycles. The predicted molar refractivity (Wildman–Crippen MR) is 81.0 cm³/mol. The smallest absolute Gasteiger partial charge is 0.341 e. The van der Waals surface area contributed by atoms with Crippen molar-refractivity contribution >= 4 is 23.8 Å². The lowest BCUT2D eigenvalue weighted by molar-refractivity contribution is -0.146. The number of carbonyl (C=O) groups is 2. The second-order valence-electron chi connectivity index (χ2n) is 4.73. The number of rotatable bonds is 4. The highest BCUT2D eigenvalue weighted by Crippen LogP contribution is 2.17. The molecule has 1 aromatic rings. The monoisotopic (exact) mass is 286 g/mol. The van der Waals surface area contributed by atoms with Crippen LogP contribution in [-0.2, 0) is 9.53 Å². The maximum atomic E-state index is 12.0. The molecule has 0 aliphatic carbocycles. The zero-order valence-electron chi connectivity index (χ0n) is 12.1. The molecule has 1 aliphatic rings. The van der Waals surface area contributed by atoms with Crippen LogP contribution >= 0.6 is 0 Å². The van der Waals surface area contributed by atoms with Crippen LogP contribution in [0.5, 0.6) is 0 Å². The molecule has 0 aromatic heterocycles. The van der Waals surface area contributed by atoms with Gasteiger partial charge in [0.1, 0.15) is 5.92 Å². The molecule has 0 bridgehead atoms. The van der Waals surface area contributed by atoms with Crippen molar-refractivity contribution in [1.29, 1.82) is 0 Å². The Kier molecular flexibility index (Phi) is 4.87. The number of aliphatic imine (C=N–C) groups is 1. The summed E-state index contributed by atoms with van der Waals surface area (Å²) in [5.74, 6) is -0.955. The Balaban J connectivity index is 2.22. The van der Waals surface area contributed by atoms with Gasteiger partial charge in [-0.1, -0.05) is 42.5 Å². The number of amides is 2. The van der Waals surface area contributed by atoms with Gasteiger partial charge in [-0.2, -0.15) is 0 Å². The fourth-order valence-electron chi connectivity index (χ4n) is 2.24. The first kappa shape index (κ1) is 15.0. The van der Waals surface area contributed by atoms with E-state index in [0.29, 0.717) is 12.3 Å². The molecule has 1 heterocycles. The van der Waals surface area contributed by atoms with Crippen LogP contribution in [0.2, 0.25) is 0 Å². The Bertz CT molecular complexity index is 578. The Labute approximate surface area is 123 Å². The van der Waals surface area contributed by atoms with Crippen LogP contribution in [0.3, 0.4) is 0 Å². The Morgan fingerprint density at radius 2 is 2.10 bits per heavy atom. The number of urea groups is 1. The predicted octanol–water partition coefficient (Wildman–Crippen LogP) is 2.43. The first-order valence-corrected chi connectivity index (χ1v) is 6.87. The highest BCUT2D eigenvalue weighted by molar-refractivity contribution is 6.08. The molecule has 0 saturated heterocycles. The molecule has 2 unspecified atom stereocenters. The molecule has 2 rings (SSSR count). The van der Waals surface area contributed by atoms with Gasteiger partial charge in [0, 0.05) is 5.71 Å². The van der Waals surface area contributed by atoms with Gasteiger partial charge in [-0.3, -0.25) is 4.79 Å². The van der Waals surface area contributed by atoms with Crippen LogP contribution in [0.15, 0.2) is 41.4 Å². The molecule has 2 atom stereocenters. The lowest BCUT2D eigenvalue weighted by Gasteiger charge is -2.27. The van der Waals surface area contributed by atoms with Crippen molar-refractivity contribution in [3.63, 3.8) is 0 Å². The number of nitrogens with zero attached hydrogens (tertiary/aromatic N) is 1. The fourth-order valence-corrected chi connectivity index (χ4v) is 2.24. The fraction of sp³-hybridized carbons (Fsp3) is 0.312. The maximum Gasteiger partial charge on any atom is 0.341 e. The van der Waals surface area contributed by atoms with E-state index >= 15 is 0 Å². The molecule has 0 saturated carbocycles. The summed E-state index contributed by atoms with van der Waals surface area (Å²) in [6, 6.07) is 8.79. The Hall–Kier alpha value is -2.43. The number of esters is 1. The number of hydrogen-bond donors (Lipinski definition) is 1. The summed E-state index contributed by atoms with van der Waals surface area (Å²) < 4.78 is 5.06. The van der Waals surface area contributed by atoms with Gasteiger partial charge in [0.2, 0.25) is 0 Å². The molecule has 0 spiro atoms. The third kappa shape index (κ3) is 3.78. The van der Waals surface area contributed by atoms with E-state index in [-0.39, 0.29) is 5.97 Å². The average molecular weight is 286 g/mol. The van der Waals surface area contributed by atoms with Crippen molar-refractivity contribution in [2.75, 3.05) is 6.61 Å². The van der Waals surface area contributed by atoms with E-state index in [0.717, 1.165) is 5.56 Å². The second kappa shape index (κ2) is 6.83. The molecule has 1 N–H and O–H groups in total. The molecular formula is C16H18N2O3. The zero-order valence-corrected chi connectivity index (χ0v) is 12.1. The van der Waals surface area contributed by atoms with Gasteiger partial charge in [0.15, 0.2) is 0 Å². The quantitative estimate of drug-likeness (QED) is 0.864. The Morgan fingerprint density at radius 3 is 2.76 bits per heavy atom. The van der Waals surface area contributed by atoms with Gasteiger partial charge in [0.05, 0.1) is 12.6 Å². The summed E-state index contributed by atoms with van der Waals surface area (Å²) in [7, 11) is 0. The van der Waals surface area contributed by atoms with E-state index in [2.05, 4.69) is 10.3 Å². The molecule has 21 heavy (non-hydrogen) atoms. The second-order valence-corrected chi connectivity index (χ2v) is 4.73. The minimum absolute atomic E-state index is 0.297. The van der Waals surface area contributed by atoms with Crippen molar-refractivity contribution < 1.29 is 14.3 Å². The number of carbonyl (C=O) groups excluding carboxylic acids is 2. The van der Waals surface area contributed by atoms with Gasteiger partial charge >= 0.3 is 12.0 Å². The van der Waals surface area contributed by atoms with Gasteiger partial charge in [-0.15, -0.1) is 0 Å². The van der Waals surface area contributed by atoms with Gasteiger partial charge in [0.25, 0.3) is 0 Å². The summed E-state index contributed by atoms with van der Waals surface area (Å²) >= 11 is 0. The van der Waals surface area contributed by atoms with E-state index in [1.54, 1.807) is 19.9 Å². The summed E-state index contributed by atoms with van der Waals surface area (Å²) in [6.07, 6.45) is 3.67. The van der Waals surface area contributed by atoms with Crippen LogP contribution in [0.25, 0.3) is 6.08 Å². The molecule has 0 radical (unpaired) electrons. The highest BCUT2D eigenvalue weighted by atomic mass is 16.5. The molecule has 110 valence electrons. The van der Waals surface area contributed by atoms with Crippen LogP contribution in [0.1, 0.15) is 19.4 Å². The summed E-state index contributed by atoms with van der Waals surface area (Å²) in [6.45, 7) is 3.72. The van der Waals surface area contributed by atoms with Crippen molar-refractivity contribution in [2.24, 2.45) is 10.9 Å². The molecular weight excluding hydrogens is 268 g/mol. The van der Waals surface area contributed by atoms with Gasteiger partial charge in [-0.05, 0) is 19.4 Å². The zero-order chi connectivity index (χ0) is 15.2. The molecule has 1 aromatic carbocycles. The normalized spacial score (nSPS) is 21.8. The van der Waals surface area contributed by atoms with E-state index in [1.807, 2.05) is 36.4 Å². The molecule has 0 fully saturated rings. The van der Waals surface area contributed by atoms with Crippen molar-refractivity contribution in [3.05, 3.63) is 42.0 Å². The number of ether oxygens (including phenoxy) is 1. The summed E-state index contributed by atoms with van der Waals surface area (Å²) in [5.41, 5.74) is 1.47. The summed E-state index contributed by atoms with van der Waals surface area (Å²) in [5, 5.41) is 2.69. The van der Waals surface area contributed by atoms with Crippen LogP contribution in [0.4, 0.5) is 4.79 Å². The van der Waals surface area contributed by atoms with Crippen LogP contribution in [0, 0.1) is 5.92 Å². The number of hydrogen-bond acceptors (Lipinski definition) is 3. The third-order valence-electron chi connectivity index (χ3n) is 3.21. The third-order valence-corrected chi connectivity index (χ3v) is 3.21. The highest BCUT2D eigenvalue weighted by Gasteiger charge is 2.35.